The monoisotopic (exact) mass is 317 g/mol. The quantitative estimate of drug-likeness (QED) is 0.757. The van der Waals surface area contributed by atoms with Gasteiger partial charge < -0.3 is 10.4 Å². The van der Waals surface area contributed by atoms with Crippen LogP contribution in [0, 0.1) is 5.92 Å². The van der Waals surface area contributed by atoms with Crippen molar-refractivity contribution in [1.82, 2.24) is 5.32 Å². The largest absolute Gasteiger partial charge is 0.396 e. The maximum atomic E-state index is 8.80. The first-order valence-electron chi connectivity index (χ1n) is 5.86. The lowest BCUT2D eigenvalue weighted by atomic mass is 10.2. The third-order valence-corrected chi connectivity index (χ3v) is 4.20. The van der Waals surface area contributed by atoms with Crippen LogP contribution in [0.2, 0.25) is 0 Å². The van der Waals surface area contributed by atoms with Crippen molar-refractivity contribution in [2.75, 3.05) is 18.9 Å². The Balaban J connectivity index is 2.50. The molecule has 2 nitrogen and oxygen atoms in total. The van der Waals surface area contributed by atoms with Gasteiger partial charge in [-0.05, 0) is 46.1 Å². The Morgan fingerprint density at radius 2 is 2.18 bits per heavy atom. The molecule has 1 aromatic carbocycles. The van der Waals surface area contributed by atoms with Gasteiger partial charge in [0.15, 0.2) is 0 Å². The van der Waals surface area contributed by atoms with Gasteiger partial charge in [0.25, 0.3) is 0 Å². The predicted molar refractivity (Wildman–Crippen MR) is 78.5 cm³/mol. The van der Waals surface area contributed by atoms with Gasteiger partial charge >= 0.3 is 0 Å². The molecule has 0 atom stereocenters. The van der Waals surface area contributed by atoms with E-state index in [2.05, 4.69) is 53.3 Å². The van der Waals surface area contributed by atoms with Crippen molar-refractivity contribution < 1.29 is 5.11 Å². The van der Waals surface area contributed by atoms with Gasteiger partial charge in [0, 0.05) is 21.7 Å². The van der Waals surface area contributed by atoms with Gasteiger partial charge in [0.1, 0.15) is 0 Å². The molecule has 0 radical (unpaired) electrons. The molecule has 0 spiro atoms. The molecular formula is C13H20BrNOS. The molecule has 0 aliphatic rings. The molecule has 4 heteroatoms. The van der Waals surface area contributed by atoms with Crippen LogP contribution in [0.4, 0.5) is 0 Å². The van der Waals surface area contributed by atoms with E-state index in [0.717, 1.165) is 23.3 Å². The summed E-state index contributed by atoms with van der Waals surface area (Å²) in [7, 11) is 0. The number of rotatable bonds is 7. The third kappa shape index (κ3) is 5.91. The molecule has 0 amide bonds. The second-order valence-electron chi connectivity index (χ2n) is 4.36. The molecule has 96 valence electrons. The van der Waals surface area contributed by atoms with Gasteiger partial charge in [-0.1, -0.05) is 19.9 Å². The smallest absolute Gasteiger partial charge is 0.0525 e. The summed E-state index contributed by atoms with van der Waals surface area (Å²) in [6, 6.07) is 6.39. The Kier molecular flexibility index (Phi) is 7.19. The van der Waals surface area contributed by atoms with Crippen molar-refractivity contribution in [3.8, 4) is 0 Å². The molecule has 0 bridgehead atoms. The summed E-state index contributed by atoms with van der Waals surface area (Å²) in [6.07, 6.45) is 0. The van der Waals surface area contributed by atoms with Crippen LogP contribution in [0.1, 0.15) is 19.4 Å². The maximum Gasteiger partial charge on any atom is 0.0525 e. The second-order valence-corrected chi connectivity index (χ2v) is 6.35. The number of thioether (sulfide) groups is 1. The van der Waals surface area contributed by atoms with E-state index in [-0.39, 0.29) is 6.61 Å². The average molecular weight is 318 g/mol. The van der Waals surface area contributed by atoms with Gasteiger partial charge in [0.05, 0.1) is 6.61 Å². The molecule has 0 heterocycles. The zero-order chi connectivity index (χ0) is 12.7. The number of aliphatic hydroxyl groups is 1. The van der Waals surface area contributed by atoms with Crippen molar-refractivity contribution in [3.05, 3.63) is 28.2 Å². The van der Waals surface area contributed by atoms with Gasteiger partial charge in [-0.3, -0.25) is 0 Å². The van der Waals surface area contributed by atoms with Crippen LogP contribution in [0.25, 0.3) is 0 Å². The molecule has 1 rings (SSSR count). The summed E-state index contributed by atoms with van der Waals surface area (Å²) in [5.41, 5.74) is 1.28. The van der Waals surface area contributed by atoms with Crippen LogP contribution in [0.5, 0.6) is 0 Å². The number of aliphatic hydroxyl groups excluding tert-OH is 1. The third-order valence-electron chi connectivity index (χ3n) is 2.23. The van der Waals surface area contributed by atoms with E-state index in [1.165, 1.54) is 10.5 Å². The van der Waals surface area contributed by atoms with E-state index in [1.54, 1.807) is 11.8 Å². The molecule has 0 saturated carbocycles. The highest BCUT2D eigenvalue weighted by Gasteiger charge is 2.02. The van der Waals surface area contributed by atoms with E-state index in [9.17, 15) is 0 Å². The van der Waals surface area contributed by atoms with E-state index in [0.29, 0.717) is 5.92 Å². The lowest BCUT2D eigenvalue weighted by molar-refractivity contribution is 0.322. The minimum absolute atomic E-state index is 0.217. The zero-order valence-electron chi connectivity index (χ0n) is 10.4. The molecule has 0 aromatic heterocycles. The van der Waals surface area contributed by atoms with E-state index < -0.39 is 0 Å². The lowest BCUT2D eigenvalue weighted by Crippen LogP contribution is -2.18. The highest BCUT2D eigenvalue weighted by atomic mass is 79.9. The average Bonchev–Trinajstić information content (AvgIpc) is 2.27. The molecule has 2 N–H and O–H groups in total. The minimum Gasteiger partial charge on any atom is -0.396 e. The van der Waals surface area contributed by atoms with Crippen molar-refractivity contribution in [3.63, 3.8) is 0 Å². The Bertz CT molecular complexity index is 344. The molecule has 0 unspecified atom stereocenters. The molecule has 0 saturated heterocycles. The maximum absolute atomic E-state index is 8.80. The summed E-state index contributed by atoms with van der Waals surface area (Å²) in [6.45, 7) is 6.57. The molecule has 0 aliphatic carbocycles. The zero-order valence-corrected chi connectivity index (χ0v) is 12.8. The predicted octanol–water partition coefficient (Wildman–Crippen LogP) is 3.28. The highest BCUT2D eigenvalue weighted by Crippen LogP contribution is 2.28. The van der Waals surface area contributed by atoms with E-state index in [4.69, 9.17) is 5.11 Å². The van der Waals surface area contributed by atoms with Crippen LogP contribution in [0.15, 0.2) is 27.6 Å². The summed E-state index contributed by atoms with van der Waals surface area (Å²) in [5, 5.41) is 12.2. The lowest BCUT2D eigenvalue weighted by Gasteiger charge is -2.09. The first kappa shape index (κ1) is 15.0. The molecule has 1 aromatic rings. The fraction of sp³-hybridized carbons (Fsp3) is 0.538. The van der Waals surface area contributed by atoms with E-state index in [1.807, 2.05) is 0 Å². The normalized spacial score (nSPS) is 11.1. The number of nitrogens with one attached hydrogen (secondary N) is 1. The van der Waals surface area contributed by atoms with Gasteiger partial charge in [-0.2, -0.15) is 0 Å². The summed E-state index contributed by atoms with van der Waals surface area (Å²) in [5.74, 6) is 1.42. The molecule has 0 fully saturated rings. The minimum atomic E-state index is 0.217. The van der Waals surface area contributed by atoms with Crippen LogP contribution in [-0.2, 0) is 6.54 Å². The number of benzene rings is 1. The number of hydrogen-bond acceptors (Lipinski definition) is 3. The van der Waals surface area contributed by atoms with Crippen LogP contribution in [0.3, 0.4) is 0 Å². The standard InChI is InChI=1S/C13H20BrNOS/c1-10(2)8-15-9-11-3-4-13(12(14)7-11)17-6-5-16/h3-4,7,10,15-16H,5-6,8-9H2,1-2H3. The Morgan fingerprint density at radius 1 is 1.41 bits per heavy atom. The van der Waals surface area contributed by atoms with Crippen molar-refractivity contribution >= 4 is 27.7 Å². The van der Waals surface area contributed by atoms with Crippen LogP contribution >= 0.6 is 27.7 Å². The summed E-state index contributed by atoms with van der Waals surface area (Å²) < 4.78 is 1.11. The van der Waals surface area contributed by atoms with Crippen LogP contribution < -0.4 is 5.32 Å². The van der Waals surface area contributed by atoms with Gasteiger partial charge in [-0.25, -0.2) is 0 Å². The fourth-order valence-corrected chi connectivity index (χ4v) is 2.87. The highest BCUT2D eigenvalue weighted by molar-refractivity contribution is 9.10. The van der Waals surface area contributed by atoms with Crippen molar-refractivity contribution in [2.45, 2.75) is 25.3 Å². The van der Waals surface area contributed by atoms with Crippen molar-refractivity contribution in [1.29, 1.82) is 0 Å². The number of hydrogen-bond donors (Lipinski definition) is 2. The Hall–Kier alpha value is -0.0300. The number of halogens is 1. The SMILES string of the molecule is CC(C)CNCc1ccc(SCCO)c(Br)c1. The topological polar surface area (TPSA) is 32.3 Å². The van der Waals surface area contributed by atoms with Gasteiger partial charge in [-0.15, -0.1) is 11.8 Å². The second kappa shape index (κ2) is 8.14. The van der Waals surface area contributed by atoms with Crippen LogP contribution in [-0.4, -0.2) is 24.0 Å². The first-order chi connectivity index (χ1) is 8.13. The Morgan fingerprint density at radius 3 is 2.76 bits per heavy atom. The molecule has 0 aliphatic heterocycles. The van der Waals surface area contributed by atoms with Gasteiger partial charge in [0.2, 0.25) is 0 Å². The Labute approximate surface area is 116 Å². The van der Waals surface area contributed by atoms with Crippen molar-refractivity contribution in [2.24, 2.45) is 5.92 Å². The molecule has 17 heavy (non-hydrogen) atoms. The summed E-state index contributed by atoms with van der Waals surface area (Å²) in [4.78, 5) is 1.19. The summed E-state index contributed by atoms with van der Waals surface area (Å²) >= 11 is 5.24. The fourth-order valence-electron chi connectivity index (χ4n) is 1.43. The molecular weight excluding hydrogens is 298 g/mol. The first-order valence-corrected chi connectivity index (χ1v) is 7.64. The van der Waals surface area contributed by atoms with E-state index >= 15 is 0 Å².